The fourth-order valence-corrected chi connectivity index (χ4v) is 6.78. The fourth-order valence-electron chi connectivity index (χ4n) is 3.71. The van der Waals surface area contributed by atoms with Gasteiger partial charge < -0.3 is 14.4 Å². The number of carbonyl (C=O) groups excluding carboxylic acids is 1. The van der Waals surface area contributed by atoms with E-state index in [1.165, 1.54) is 53.8 Å². The average molecular weight is 526 g/mol. The van der Waals surface area contributed by atoms with Crippen molar-refractivity contribution in [1.82, 2.24) is 9.21 Å². The molecule has 0 spiro atoms. The molecule has 2 heterocycles. The van der Waals surface area contributed by atoms with Crippen LogP contribution in [0.2, 0.25) is 5.02 Å². The lowest BCUT2D eigenvalue weighted by atomic mass is 10.2. The Labute approximate surface area is 204 Å². The number of ether oxygens (including phenoxy) is 2. The van der Waals surface area contributed by atoms with Gasteiger partial charge in [0.15, 0.2) is 0 Å². The van der Waals surface area contributed by atoms with Crippen molar-refractivity contribution in [2.75, 3.05) is 40.4 Å². The Balaban J connectivity index is 1.52. The maximum Gasteiger partial charge on any atom is 0.270 e. The van der Waals surface area contributed by atoms with E-state index >= 15 is 0 Å². The van der Waals surface area contributed by atoms with Crippen molar-refractivity contribution in [3.63, 3.8) is 0 Å². The van der Waals surface area contributed by atoms with Crippen molar-refractivity contribution in [1.29, 1.82) is 0 Å². The van der Waals surface area contributed by atoms with Gasteiger partial charge in [-0.25, -0.2) is 8.42 Å². The van der Waals surface area contributed by atoms with Gasteiger partial charge in [-0.3, -0.25) is 14.9 Å². The number of fused-ring (bicyclic) bond motifs is 1. The van der Waals surface area contributed by atoms with Crippen molar-refractivity contribution in [2.24, 2.45) is 0 Å². The number of nitrogens with zero attached hydrogens (tertiary/aromatic N) is 3. The third-order valence-electron chi connectivity index (χ3n) is 5.53. The van der Waals surface area contributed by atoms with Crippen LogP contribution in [0, 0.1) is 10.1 Å². The van der Waals surface area contributed by atoms with E-state index in [1.54, 1.807) is 6.07 Å². The number of nitro benzene ring substituents is 1. The average Bonchev–Trinajstić information content (AvgIpc) is 3.18. The third kappa shape index (κ3) is 4.29. The SMILES string of the molecule is COc1ccc(S(=O)(=O)N2CCN(C(=O)c3sc4cc([N+](=O)[O-])ccc4c3Cl)CC2)c(OC)c1. The Kier molecular flexibility index (Phi) is 6.67. The molecule has 1 aliphatic heterocycles. The number of hydrogen-bond donors (Lipinski definition) is 0. The molecule has 0 bridgehead atoms. The van der Waals surface area contributed by atoms with Gasteiger partial charge in [-0.1, -0.05) is 11.6 Å². The lowest BCUT2D eigenvalue weighted by molar-refractivity contribution is -0.384. The van der Waals surface area contributed by atoms with Crippen molar-refractivity contribution in [3.8, 4) is 11.5 Å². The van der Waals surface area contributed by atoms with Gasteiger partial charge in [0.2, 0.25) is 10.0 Å². The molecule has 13 heteroatoms. The summed E-state index contributed by atoms with van der Waals surface area (Å²) >= 11 is 7.49. The van der Waals surface area contributed by atoms with Crippen LogP contribution in [-0.2, 0) is 10.0 Å². The standard InChI is InChI=1S/C21H20ClN3O7S2/c1-31-14-4-6-18(16(12-14)32-2)34(29,30)24-9-7-23(8-10-24)21(26)20-19(22)15-5-3-13(25(27)28)11-17(15)33-20/h3-6,11-12H,7-10H2,1-2H3. The minimum atomic E-state index is -3.86. The first-order chi connectivity index (χ1) is 16.2. The second-order valence-corrected chi connectivity index (χ2v) is 10.7. The Morgan fingerprint density at radius 1 is 1.09 bits per heavy atom. The molecule has 1 fully saturated rings. The van der Waals surface area contributed by atoms with Crippen LogP contribution in [-0.4, -0.2) is 68.9 Å². The summed E-state index contributed by atoms with van der Waals surface area (Å²) in [6.07, 6.45) is 0. The number of hydrogen-bond acceptors (Lipinski definition) is 8. The highest BCUT2D eigenvalue weighted by atomic mass is 35.5. The molecule has 1 amide bonds. The van der Waals surface area contributed by atoms with Gasteiger partial charge >= 0.3 is 0 Å². The predicted molar refractivity (Wildman–Crippen MR) is 128 cm³/mol. The number of benzene rings is 2. The van der Waals surface area contributed by atoms with Gasteiger partial charge in [0.05, 0.1) is 24.2 Å². The summed E-state index contributed by atoms with van der Waals surface area (Å²) in [4.78, 5) is 25.5. The molecule has 1 aromatic heterocycles. The van der Waals surface area contributed by atoms with E-state index in [1.807, 2.05) is 0 Å². The van der Waals surface area contributed by atoms with E-state index in [-0.39, 0.29) is 58.3 Å². The van der Waals surface area contributed by atoms with Crippen LogP contribution in [0.1, 0.15) is 9.67 Å². The van der Waals surface area contributed by atoms with Gasteiger partial charge in [-0.2, -0.15) is 4.31 Å². The summed E-state index contributed by atoms with van der Waals surface area (Å²) in [5.74, 6) is 0.300. The zero-order valence-electron chi connectivity index (χ0n) is 18.2. The first-order valence-electron chi connectivity index (χ1n) is 10.0. The van der Waals surface area contributed by atoms with Crippen LogP contribution in [0.3, 0.4) is 0 Å². The molecule has 0 N–H and O–H groups in total. The normalized spacial score (nSPS) is 14.9. The molecule has 3 aromatic rings. The third-order valence-corrected chi connectivity index (χ3v) is 9.12. The van der Waals surface area contributed by atoms with Crippen molar-refractivity contribution >= 4 is 54.6 Å². The topological polar surface area (TPSA) is 119 Å². The summed E-state index contributed by atoms with van der Waals surface area (Å²) in [7, 11) is -0.999. The molecule has 0 atom stereocenters. The number of rotatable bonds is 6. The predicted octanol–water partition coefficient (Wildman–Crippen LogP) is 3.63. The highest BCUT2D eigenvalue weighted by Gasteiger charge is 2.33. The van der Waals surface area contributed by atoms with Gasteiger partial charge in [-0.05, 0) is 18.2 Å². The van der Waals surface area contributed by atoms with Crippen molar-refractivity contribution in [2.45, 2.75) is 4.90 Å². The minimum absolute atomic E-state index is 0.0183. The molecule has 0 saturated carbocycles. The summed E-state index contributed by atoms with van der Waals surface area (Å²) in [6, 6.07) is 8.72. The quantitative estimate of drug-likeness (QED) is 0.356. The number of non-ortho nitro benzene ring substituents is 1. The van der Waals surface area contributed by atoms with E-state index < -0.39 is 14.9 Å². The zero-order valence-corrected chi connectivity index (χ0v) is 20.6. The summed E-state index contributed by atoms with van der Waals surface area (Å²) in [5, 5.41) is 11.8. The Morgan fingerprint density at radius 3 is 2.41 bits per heavy atom. The van der Waals surface area contributed by atoms with Crippen LogP contribution in [0.4, 0.5) is 5.69 Å². The number of nitro groups is 1. The Morgan fingerprint density at radius 2 is 1.79 bits per heavy atom. The molecular formula is C21H20ClN3O7S2. The van der Waals surface area contributed by atoms with Gasteiger partial charge in [-0.15, -0.1) is 11.3 Å². The Hall–Kier alpha value is -2.93. The fraction of sp³-hybridized carbons (Fsp3) is 0.286. The lowest BCUT2D eigenvalue weighted by Crippen LogP contribution is -2.50. The monoisotopic (exact) mass is 525 g/mol. The van der Waals surface area contributed by atoms with Crippen LogP contribution in [0.15, 0.2) is 41.3 Å². The maximum absolute atomic E-state index is 13.2. The summed E-state index contributed by atoms with van der Waals surface area (Å²) < 4.78 is 38.6. The number of methoxy groups -OCH3 is 2. The molecule has 1 saturated heterocycles. The van der Waals surface area contributed by atoms with Crippen LogP contribution in [0.5, 0.6) is 11.5 Å². The second-order valence-electron chi connectivity index (χ2n) is 7.40. The molecule has 0 radical (unpaired) electrons. The van der Waals surface area contributed by atoms with E-state index in [0.717, 1.165) is 11.3 Å². The first-order valence-corrected chi connectivity index (χ1v) is 12.7. The van der Waals surface area contributed by atoms with E-state index in [0.29, 0.717) is 15.8 Å². The van der Waals surface area contributed by atoms with E-state index in [2.05, 4.69) is 0 Å². The smallest absolute Gasteiger partial charge is 0.270 e. The van der Waals surface area contributed by atoms with Gasteiger partial charge in [0.1, 0.15) is 21.3 Å². The number of amides is 1. The van der Waals surface area contributed by atoms with Crippen LogP contribution < -0.4 is 9.47 Å². The molecule has 180 valence electrons. The van der Waals surface area contributed by atoms with E-state index in [4.69, 9.17) is 21.1 Å². The number of halogens is 1. The number of sulfonamides is 1. The largest absolute Gasteiger partial charge is 0.497 e. The van der Waals surface area contributed by atoms with Crippen molar-refractivity contribution < 1.29 is 27.6 Å². The molecular weight excluding hydrogens is 506 g/mol. The summed E-state index contributed by atoms with van der Waals surface area (Å²) in [5.41, 5.74) is -0.0859. The van der Waals surface area contributed by atoms with E-state index in [9.17, 15) is 23.3 Å². The van der Waals surface area contributed by atoms with Crippen LogP contribution >= 0.6 is 22.9 Å². The van der Waals surface area contributed by atoms with Gasteiger partial charge in [0.25, 0.3) is 11.6 Å². The highest BCUT2D eigenvalue weighted by molar-refractivity contribution is 7.89. The zero-order chi connectivity index (χ0) is 24.6. The lowest BCUT2D eigenvalue weighted by Gasteiger charge is -2.34. The number of thiophene rings is 1. The van der Waals surface area contributed by atoms with Crippen LogP contribution in [0.25, 0.3) is 10.1 Å². The maximum atomic E-state index is 13.2. The molecule has 4 rings (SSSR count). The second kappa shape index (κ2) is 9.37. The molecule has 0 aliphatic carbocycles. The molecule has 2 aromatic carbocycles. The van der Waals surface area contributed by atoms with Gasteiger partial charge in [0, 0.05) is 54.5 Å². The molecule has 10 nitrogen and oxygen atoms in total. The molecule has 0 unspecified atom stereocenters. The minimum Gasteiger partial charge on any atom is -0.497 e. The number of carbonyl (C=O) groups is 1. The Bertz CT molecular complexity index is 1380. The highest BCUT2D eigenvalue weighted by Crippen LogP contribution is 2.38. The number of piperazine rings is 1. The molecule has 1 aliphatic rings. The summed E-state index contributed by atoms with van der Waals surface area (Å²) in [6.45, 7) is 0.525. The molecule has 34 heavy (non-hydrogen) atoms. The van der Waals surface area contributed by atoms with Crippen molar-refractivity contribution in [3.05, 3.63) is 56.4 Å². The first kappa shape index (κ1) is 24.2.